The first-order valence-corrected chi connectivity index (χ1v) is 7.96. The normalized spacial score (nSPS) is 20.3. The van der Waals surface area contributed by atoms with Crippen molar-refractivity contribution >= 4 is 23.7 Å². The Bertz CT molecular complexity index is 618. The van der Waals surface area contributed by atoms with Gasteiger partial charge in [0, 0.05) is 25.3 Å². The first kappa shape index (κ1) is 15.6. The molecule has 0 spiro atoms. The monoisotopic (exact) mass is 315 g/mol. The van der Waals surface area contributed by atoms with Crippen LogP contribution in [0.5, 0.6) is 0 Å². The van der Waals surface area contributed by atoms with Gasteiger partial charge in [0.15, 0.2) is 0 Å². The fourth-order valence-corrected chi connectivity index (χ4v) is 2.77. The molecule has 1 aromatic carbocycles. The number of hydrogen-bond donors (Lipinski definition) is 1. The van der Waals surface area contributed by atoms with Crippen molar-refractivity contribution in [3.05, 3.63) is 35.5 Å². The molecule has 1 aromatic rings. The number of carbonyl (C=O) groups excluding carboxylic acids is 2. The number of amides is 3. The summed E-state index contributed by atoms with van der Waals surface area (Å²) in [6.07, 6.45) is 2.47. The lowest BCUT2D eigenvalue weighted by Gasteiger charge is -2.28. The van der Waals surface area contributed by atoms with E-state index in [1.54, 1.807) is 6.08 Å². The first-order chi connectivity index (χ1) is 11.2. The summed E-state index contributed by atoms with van der Waals surface area (Å²) in [5.41, 5.74) is 2.37. The van der Waals surface area contributed by atoms with Crippen molar-refractivity contribution in [2.24, 2.45) is 0 Å². The summed E-state index contributed by atoms with van der Waals surface area (Å²) in [7, 11) is 0. The van der Waals surface area contributed by atoms with E-state index in [1.165, 1.54) is 4.90 Å². The molecule has 2 aliphatic rings. The van der Waals surface area contributed by atoms with Crippen molar-refractivity contribution in [2.75, 3.05) is 37.7 Å². The zero-order valence-corrected chi connectivity index (χ0v) is 13.2. The lowest BCUT2D eigenvalue weighted by atomic mass is 10.1. The molecule has 2 aliphatic heterocycles. The summed E-state index contributed by atoms with van der Waals surface area (Å²) in [5, 5.41) is 2.64. The lowest BCUT2D eigenvalue weighted by Crippen LogP contribution is -2.36. The van der Waals surface area contributed by atoms with Crippen molar-refractivity contribution in [1.82, 2.24) is 10.2 Å². The highest BCUT2D eigenvalue weighted by Gasteiger charge is 2.32. The Hall–Kier alpha value is -2.34. The van der Waals surface area contributed by atoms with Crippen LogP contribution in [-0.4, -0.2) is 49.7 Å². The average Bonchev–Trinajstić information content (AvgIpc) is 2.84. The highest BCUT2D eigenvalue weighted by molar-refractivity contribution is 6.13. The number of nitrogens with one attached hydrogen (secondary N) is 1. The van der Waals surface area contributed by atoms with Crippen molar-refractivity contribution in [2.45, 2.75) is 13.3 Å². The maximum absolute atomic E-state index is 12.2. The molecule has 6 nitrogen and oxygen atoms in total. The van der Waals surface area contributed by atoms with Crippen LogP contribution in [0.4, 0.5) is 10.5 Å². The molecule has 0 radical (unpaired) electrons. The fourth-order valence-electron chi connectivity index (χ4n) is 2.77. The van der Waals surface area contributed by atoms with Crippen LogP contribution in [0.15, 0.2) is 30.0 Å². The second-order valence-corrected chi connectivity index (χ2v) is 5.64. The average molecular weight is 315 g/mol. The summed E-state index contributed by atoms with van der Waals surface area (Å²) in [6, 6.07) is 7.64. The predicted molar refractivity (Wildman–Crippen MR) is 88.0 cm³/mol. The Labute approximate surface area is 135 Å². The van der Waals surface area contributed by atoms with Gasteiger partial charge >= 0.3 is 6.03 Å². The molecule has 6 heteroatoms. The molecular formula is C17H21N3O3. The number of nitrogens with zero attached hydrogens (tertiary/aromatic N) is 2. The first-order valence-electron chi connectivity index (χ1n) is 7.96. The molecule has 2 heterocycles. The van der Waals surface area contributed by atoms with Crippen LogP contribution >= 0.6 is 0 Å². The lowest BCUT2D eigenvalue weighted by molar-refractivity contribution is -0.122. The summed E-state index contributed by atoms with van der Waals surface area (Å²) < 4.78 is 5.35. The van der Waals surface area contributed by atoms with E-state index in [4.69, 9.17) is 4.74 Å². The zero-order chi connectivity index (χ0) is 16.2. The number of urea groups is 1. The number of anilines is 1. The van der Waals surface area contributed by atoms with Gasteiger partial charge in [-0.1, -0.05) is 19.1 Å². The van der Waals surface area contributed by atoms with E-state index in [-0.39, 0.29) is 11.9 Å². The number of ether oxygens (including phenoxy) is 1. The molecule has 0 saturated carbocycles. The van der Waals surface area contributed by atoms with E-state index in [1.807, 2.05) is 31.2 Å². The minimum atomic E-state index is -0.340. The SMILES string of the molecule is CCCN1C(=O)N/C(=C/c2ccc(N3CCOCC3)cc2)C1=O. The Morgan fingerprint density at radius 2 is 1.87 bits per heavy atom. The minimum absolute atomic E-state index is 0.255. The number of imide groups is 1. The maximum atomic E-state index is 12.2. The maximum Gasteiger partial charge on any atom is 0.329 e. The Morgan fingerprint density at radius 1 is 1.17 bits per heavy atom. The van der Waals surface area contributed by atoms with Gasteiger partial charge in [-0.25, -0.2) is 4.79 Å². The molecule has 2 fully saturated rings. The molecule has 3 amide bonds. The summed E-state index contributed by atoms with van der Waals surface area (Å²) in [4.78, 5) is 27.5. The topological polar surface area (TPSA) is 61.9 Å². The van der Waals surface area contributed by atoms with Crippen LogP contribution in [0, 0.1) is 0 Å². The number of rotatable bonds is 4. The number of carbonyl (C=O) groups is 2. The second kappa shape index (κ2) is 6.83. The molecule has 2 saturated heterocycles. The van der Waals surface area contributed by atoms with Gasteiger partial charge in [0.2, 0.25) is 0 Å². The predicted octanol–water partition coefficient (Wildman–Crippen LogP) is 1.83. The van der Waals surface area contributed by atoms with Crippen molar-refractivity contribution in [3.8, 4) is 0 Å². The largest absolute Gasteiger partial charge is 0.378 e. The molecule has 3 rings (SSSR count). The van der Waals surface area contributed by atoms with Gasteiger partial charge in [0.05, 0.1) is 13.2 Å². The van der Waals surface area contributed by atoms with E-state index in [2.05, 4.69) is 10.2 Å². The molecule has 0 aromatic heterocycles. The van der Waals surface area contributed by atoms with E-state index in [0.717, 1.165) is 44.0 Å². The van der Waals surface area contributed by atoms with Gasteiger partial charge in [0.25, 0.3) is 5.91 Å². The van der Waals surface area contributed by atoms with Gasteiger partial charge < -0.3 is 15.0 Å². The summed E-state index contributed by atoms with van der Waals surface area (Å²) in [6.45, 7) is 5.66. The van der Waals surface area contributed by atoms with Gasteiger partial charge in [0.1, 0.15) is 5.70 Å². The molecule has 0 bridgehead atoms. The Kier molecular flexibility index (Phi) is 4.62. The smallest absolute Gasteiger partial charge is 0.329 e. The van der Waals surface area contributed by atoms with Gasteiger partial charge in [-0.15, -0.1) is 0 Å². The number of hydrogen-bond acceptors (Lipinski definition) is 4. The van der Waals surface area contributed by atoms with Gasteiger partial charge in [-0.2, -0.15) is 0 Å². The quantitative estimate of drug-likeness (QED) is 0.680. The molecule has 0 aliphatic carbocycles. The summed E-state index contributed by atoms with van der Waals surface area (Å²) >= 11 is 0. The van der Waals surface area contributed by atoms with Crippen molar-refractivity contribution < 1.29 is 14.3 Å². The third-order valence-corrected chi connectivity index (χ3v) is 3.99. The van der Waals surface area contributed by atoms with Crippen molar-refractivity contribution in [1.29, 1.82) is 0 Å². The fraction of sp³-hybridized carbons (Fsp3) is 0.412. The van der Waals surface area contributed by atoms with Crippen LogP contribution in [0.2, 0.25) is 0 Å². The molecule has 0 unspecified atom stereocenters. The Balaban J connectivity index is 1.72. The second-order valence-electron chi connectivity index (χ2n) is 5.64. The summed E-state index contributed by atoms with van der Waals surface area (Å²) in [5.74, 6) is -0.255. The standard InChI is InChI=1S/C17H21N3O3/c1-2-7-20-16(21)15(18-17(20)22)12-13-3-5-14(6-4-13)19-8-10-23-11-9-19/h3-6,12H,2,7-11H2,1H3,(H,18,22)/b15-12+. The van der Waals surface area contributed by atoms with Crippen LogP contribution in [0.1, 0.15) is 18.9 Å². The zero-order valence-electron chi connectivity index (χ0n) is 13.2. The highest BCUT2D eigenvalue weighted by Crippen LogP contribution is 2.19. The van der Waals surface area contributed by atoms with E-state index in [9.17, 15) is 9.59 Å². The number of morpholine rings is 1. The van der Waals surface area contributed by atoms with Gasteiger partial charge in [-0.3, -0.25) is 9.69 Å². The molecule has 0 atom stereocenters. The van der Waals surface area contributed by atoms with E-state index in [0.29, 0.717) is 12.2 Å². The van der Waals surface area contributed by atoms with E-state index < -0.39 is 0 Å². The molecule has 23 heavy (non-hydrogen) atoms. The van der Waals surface area contributed by atoms with E-state index >= 15 is 0 Å². The third-order valence-electron chi connectivity index (χ3n) is 3.99. The van der Waals surface area contributed by atoms with Gasteiger partial charge in [-0.05, 0) is 30.2 Å². The number of benzene rings is 1. The van der Waals surface area contributed by atoms with Crippen LogP contribution in [0.3, 0.4) is 0 Å². The highest BCUT2D eigenvalue weighted by atomic mass is 16.5. The van der Waals surface area contributed by atoms with Crippen molar-refractivity contribution in [3.63, 3.8) is 0 Å². The Morgan fingerprint density at radius 3 is 2.52 bits per heavy atom. The molecule has 122 valence electrons. The van der Waals surface area contributed by atoms with Crippen LogP contribution in [0.25, 0.3) is 6.08 Å². The minimum Gasteiger partial charge on any atom is -0.378 e. The molecular weight excluding hydrogens is 294 g/mol. The third kappa shape index (κ3) is 3.37. The van der Waals surface area contributed by atoms with Crippen LogP contribution < -0.4 is 10.2 Å². The van der Waals surface area contributed by atoms with Crippen LogP contribution in [-0.2, 0) is 9.53 Å². The molecule has 1 N–H and O–H groups in total.